The normalized spacial score (nSPS) is 9.47. The van der Waals surface area contributed by atoms with Gasteiger partial charge >= 0.3 is 0 Å². The van der Waals surface area contributed by atoms with Crippen LogP contribution in [0.1, 0.15) is 22.3 Å². The van der Waals surface area contributed by atoms with Crippen LogP contribution in [0.15, 0.2) is 61.7 Å². The third-order valence-electron chi connectivity index (χ3n) is 2.56. The van der Waals surface area contributed by atoms with E-state index in [1.54, 1.807) is 0 Å². The number of hydrogen-bond acceptors (Lipinski definition) is 1. The number of nitriles is 1. The van der Waals surface area contributed by atoms with E-state index in [1.165, 1.54) is 5.56 Å². The predicted octanol–water partition coefficient (Wildman–Crippen LogP) is 4.84. The fourth-order valence-corrected chi connectivity index (χ4v) is 1.58. The Morgan fingerprint density at radius 2 is 1.58 bits per heavy atom. The molecule has 0 amide bonds. The van der Waals surface area contributed by atoms with Crippen LogP contribution in [0.2, 0.25) is 0 Å². The minimum Gasteiger partial charge on any atom is -0.192 e. The van der Waals surface area contributed by atoms with Gasteiger partial charge in [-0.05, 0) is 30.2 Å². The van der Waals surface area contributed by atoms with Crippen LogP contribution in [0.4, 0.5) is 0 Å². The maximum Gasteiger partial charge on any atom is 0.0991 e. The second-order valence-electron chi connectivity index (χ2n) is 3.98. The maximum absolute atomic E-state index is 8.80. The van der Waals surface area contributed by atoms with Gasteiger partial charge in [-0.25, -0.2) is 0 Å². The smallest absolute Gasteiger partial charge is 0.0991 e. The molecule has 0 spiro atoms. The number of benzene rings is 2. The van der Waals surface area contributed by atoms with Crippen molar-refractivity contribution in [3.63, 3.8) is 0 Å². The van der Waals surface area contributed by atoms with Crippen molar-refractivity contribution in [2.75, 3.05) is 0 Å². The first-order chi connectivity index (χ1) is 9.28. The van der Waals surface area contributed by atoms with Crippen molar-refractivity contribution in [3.05, 3.63) is 83.9 Å². The minimum absolute atomic E-state index is 0.691. The number of nitrogens with zero attached hydrogens (tertiary/aromatic N) is 1. The van der Waals surface area contributed by atoms with Gasteiger partial charge in [-0.2, -0.15) is 5.26 Å². The van der Waals surface area contributed by atoms with E-state index >= 15 is 0 Å². The summed E-state index contributed by atoms with van der Waals surface area (Å²) in [5.74, 6) is 0. The van der Waals surface area contributed by atoms with Gasteiger partial charge in [0.1, 0.15) is 0 Å². The van der Waals surface area contributed by atoms with E-state index in [0.717, 1.165) is 11.1 Å². The third kappa shape index (κ3) is 4.65. The molecule has 1 heteroatoms. The van der Waals surface area contributed by atoms with Crippen LogP contribution in [0.3, 0.4) is 0 Å². The highest BCUT2D eigenvalue weighted by Crippen LogP contribution is 2.10. The average molecular weight is 247 g/mol. The molecule has 0 fully saturated rings. The lowest BCUT2D eigenvalue weighted by Crippen LogP contribution is -1.77. The molecule has 2 aromatic rings. The van der Waals surface area contributed by atoms with Crippen LogP contribution in [0.25, 0.3) is 12.2 Å². The van der Waals surface area contributed by atoms with Crippen molar-refractivity contribution < 1.29 is 0 Å². The SMILES string of the molecule is C=C.Cc1ccc(C=Cc2cccc(C#N)c2)cc1. The topological polar surface area (TPSA) is 23.8 Å². The molecule has 0 radical (unpaired) electrons. The zero-order valence-corrected chi connectivity index (χ0v) is 11.1. The highest BCUT2D eigenvalue weighted by Gasteiger charge is 1.91. The van der Waals surface area contributed by atoms with Gasteiger partial charge in [0.05, 0.1) is 11.6 Å². The van der Waals surface area contributed by atoms with E-state index in [9.17, 15) is 0 Å². The van der Waals surface area contributed by atoms with Gasteiger partial charge in [-0.3, -0.25) is 0 Å². The van der Waals surface area contributed by atoms with Crippen LogP contribution in [-0.4, -0.2) is 0 Å². The first-order valence-electron chi connectivity index (χ1n) is 6.03. The van der Waals surface area contributed by atoms with Gasteiger partial charge in [0, 0.05) is 0 Å². The Labute approximate surface area is 115 Å². The van der Waals surface area contributed by atoms with Crippen molar-refractivity contribution >= 4 is 12.2 Å². The van der Waals surface area contributed by atoms with Crippen molar-refractivity contribution in [3.8, 4) is 6.07 Å². The molecule has 19 heavy (non-hydrogen) atoms. The van der Waals surface area contributed by atoms with Gasteiger partial charge in [-0.15, -0.1) is 13.2 Å². The van der Waals surface area contributed by atoms with Crippen molar-refractivity contribution in [2.45, 2.75) is 6.92 Å². The summed E-state index contributed by atoms with van der Waals surface area (Å²) >= 11 is 0. The highest BCUT2D eigenvalue weighted by atomic mass is 14.2. The van der Waals surface area contributed by atoms with E-state index in [4.69, 9.17) is 5.26 Å². The quantitative estimate of drug-likeness (QED) is 0.550. The highest BCUT2D eigenvalue weighted by molar-refractivity contribution is 5.70. The van der Waals surface area contributed by atoms with Gasteiger partial charge in [0.15, 0.2) is 0 Å². The van der Waals surface area contributed by atoms with Crippen LogP contribution in [0.5, 0.6) is 0 Å². The van der Waals surface area contributed by atoms with Crippen molar-refractivity contribution in [1.82, 2.24) is 0 Å². The van der Waals surface area contributed by atoms with E-state index in [0.29, 0.717) is 5.56 Å². The number of rotatable bonds is 2. The summed E-state index contributed by atoms with van der Waals surface area (Å²) in [4.78, 5) is 0. The first kappa shape index (κ1) is 14.5. The molecule has 0 unspecified atom stereocenters. The molecule has 2 aromatic carbocycles. The van der Waals surface area contributed by atoms with E-state index < -0.39 is 0 Å². The molecule has 0 saturated carbocycles. The van der Waals surface area contributed by atoms with E-state index in [1.807, 2.05) is 30.3 Å². The molecule has 0 aliphatic rings. The summed E-state index contributed by atoms with van der Waals surface area (Å²) in [5, 5.41) is 8.80. The molecule has 0 aromatic heterocycles. The Balaban J connectivity index is 0.000000861. The Morgan fingerprint density at radius 1 is 0.947 bits per heavy atom. The minimum atomic E-state index is 0.691. The summed E-state index contributed by atoms with van der Waals surface area (Å²) in [6.07, 6.45) is 4.07. The molecule has 0 atom stereocenters. The van der Waals surface area contributed by atoms with Crippen LogP contribution in [0, 0.1) is 18.3 Å². The fourth-order valence-electron chi connectivity index (χ4n) is 1.58. The lowest BCUT2D eigenvalue weighted by Gasteiger charge is -1.96. The molecule has 94 valence electrons. The zero-order chi connectivity index (χ0) is 14.1. The molecule has 0 aliphatic heterocycles. The van der Waals surface area contributed by atoms with Crippen LogP contribution < -0.4 is 0 Å². The van der Waals surface area contributed by atoms with E-state index in [2.05, 4.69) is 56.5 Å². The van der Waals surface area contributed by atoms with Crippen molar-refractivity contribution in [2.24, 2.45) is 0 Å². The monoisotopic (exact) mass is 247 g/mol. The second-order valence-corrected chi connectivity index (χ2v) is 3.98. The Hall–Kier alpha value is -2.59. The largest absolute Gasteiger partial charge is 0.192 e. The molecule has 2 rings (SSSR count). The molecular weight excluding hydrogens is 230 g/mol. The Morgan fingerprint density at radius 3 is 2.21 bits per heavy atom. The van der Waals surface area contributed by atoms with Gasteiger partial charge in [0.25, 0.3) is 0 Å². The Bertz CT molecular complexity index is 586. The standard InChI is InChI=1S/C16H13N.C2H4/c1-13-5-7-14(8-6-13)9-10-15-3-2-4-16(11-15)12-17;1-2/h2-11H,1H3;1-2H2. The lowest BCUT2D eigenvalue weighted by molar-refractivity contribution is 1.46. The van der Waals surface area contributed by atoms with Crippen LogP contribution in [-0.2, 0) is 0 Å². The Kier molecular flexibility index (Phi) is 5.85. The molecule has 0 bridgehead atoms. The summed E-state index contributed by atoms with van der Waals surface area (Å²) in [5.41, 5.74) is 4.16. The van der Waals surface area contributed by atoms with Gasteiger partial charge in [0.2, 0.25) is 0 Å². The summed E-state index contributed by atoms with van der Waals surface area (Å²) in [6.45, 7) is 8.07. The third-order valence-corrected chi connectivity index (χ3v) is 2.56. The summed E-state index contributed by atoms with van der Waals surface area (Å²) in [7, 11) is 0. The summed E-state index contributed by atoms with van der Waals surface area (Å²) < 4.78 is 0. The fraction of sp³-hybridized carbons (Fsp3) is 0.0556. The molecule has 1 nitrogen and oxygen atoms in total. The number of aryl methyl sites for hydroxylation is 1. The maximum atomic E-state index is 8.80. The van der Waals surface area contributed by atoms with Gasteiger partial charge in [-0.1, -0.05) is 54.1 Å². The molecule has 0 saturated heterocycles. The van der Waals surface area contributed by atoms with Crippen molar-refractivity contribution in [1.29, 1.82) is 5.26 Å². The second kappa shape index (κ2) is 7.68. The predicted molar refractivity (Wildman–Crippen MR) is 82.5 cm³/mol. The molecule has 0 aliphatic carbocycles. The molecular formula is C18H17N. The lowest BCUT2D eigenvalue weighted by atomic mass is 10.1. The molecule has 0 N–H and O–H groups in total. The molecule has 0 heterocycles. The summed E-state index contributed by atoms with van der Waals surface area (Å²) in [6, 6.07) is 18.1. The zero-order valence-electron chi connectivity index (χ0n) is 11.1. The first-order valence-corrected chi connectivity index (χ1v) is 6.03. The average Bonchev–Trinajstić information content (AvgIpc) is 2.49. The van der Waals surface area contributed by atoms with Crippen LogP contribution >= 0.6 is 0 Å². The number of hydrogen-bond donors (Lipinski definition) is 0. The van der Waals surface area contributed by atoms with E-state index in [-0.39, 0.29) is 0 Å². The van der Waals surface area contributed by atoms with Gasteiger partial charge < -0.3 is 0 Å².